The van der Waals surface area contributed by atoms with Crippen molar-refractivity contribution in [2.24, 2.45) is 5.73 Å². The van der Waals surface area contributed by atoms with Crippen molar-refractivity contribution in [3.8, 4) is 0 Å². The summed E-state index contributed by atoms with van der Waals surface area (Å²) in [6.45, 7) is 6.74. The highest BCUT2D eigenvalue weighted by Crippen LogP contribution is 2.20. The van der Waals surface area contributed by atoms with Gasteiger partial charge in [0.2, 0.25) is 0 Å². The van der Waals surface area contributed by atoms with Crippen LogP contribution in [0.2, 0.25) is 0 Å². The topological polar surface area (TPSA) is 38.0 Å². The molecular formula is C11H24N2. The zero-order valence-electron chi connectivity index (χ0n) is 9.27. The highest BCUT2D eigenvalue weighted by Gasteiger charge is 2.26. The second-order valence-electron chi connectivity index (χ2n) is 4.94. The first-order valence-electron chi connectivity index (χ1n) is 5.58. The Morgan fingerprint density at radius 1 is 1.31 bits per heavy atom. The Bertz CT molecular complexity index is 154. The van der Waals surface area contributed by atoms with Gasteiger partial charge in [0.15, 0.2) is 0 Å². The third-order valence-electron chi connectivity index (χ3n) is 3.28. The van der Waals surface area contributed by atoms with E-state index in [1.54, 1.807) is 0 Å². The first kappa shape index (κ1) is 11.0. The molecule has 0 aromatic rings. The molecule has 2 atom stereocenters. The van der Waals surface area contributed by atoms with Crippen LogP contribution in [-0.2, 0) is 0 Å². The number of nitrogens with two attached hydrogens (primary N) is 1. The van der Waals surface area contributed by atoms with Gasteiger partial charge in [-0.25, -0.2) is 0 Å². The maximum absolute atomic E-state index is 6.08. The van der Waals surface area contributed by atoms with Crippen LogP contribution in [0.3, 0.4) is 0 Å². The molecule has 2 heteroatoms. The molecule has 0 aliphatic heterocycles. The Hall–Kier alpha value is -0.0800. The Morgan fingerprint density at radius 3 is 2.46 bits per heavy atom. The van der Waals surface area contributed by atoms with E-state index in [0.29, 0.717) is 12.1 Å². The van der Waals surface area contributed by atoms with E-state index in [4.69, 9.17) is 5.73 Å². The molecule has 0 heterocycles. The molecule has 0 aromatic carbocycles. The molecule has 0 spiro atoms. The average Bonchev–Trinajstić information content (AvgIpc) is 2.09. The summed E-state index contributed by atoms with van der Waals surface area (Å²) in [6, 6.07) is 0.920. The number of hydrogen-bond acceptors (Lipinski definition) is 2. The smallest absolute Gasteiger partial charge is 0.0223 e. The number of nitrogens with one attached hydrogen (secondary N) is 1. The first-order valence-corrected chi connectivity index (χ1v) is 5.58. The predicted octanol–water partition coefficient (Wildman–Crippen LogP) is 2.03. The van der Waals surface area contributed by atoms with Crippen molar-refractivity contribution >= 4 is 0 Å². The third kappa shape index (κ3) is 3.28. The molecular weight excluding hydrogens is 160 g/mol. The molecule has 1 saturated carbocycles. The molecule has 3 N–H and O–H groups in total. The van der Waals surface area contributed by atoms with E-state index in [9.17, 15) is 0 Å². The van der Waals surface area contributed by atoms with Crippen LogP contribution in [0.25, 0.3) is 0 Å². The van der Waals surface area contributed by atoms with Crippen LogP contribution in [0.4, 0.5) is 0 Å². The molecule has 0 saturated heterocycles. The van der Waals surface area contributed by atoms with Gasteiger partial charge in [0.1, 0.15) is 0 Å². The summed E-state index contributed by atoms with van der Waals surface area (Å²) in [5.41, 5.74) is 6.33. The van der Waals surface area contributed by atoms with Gasteiger partial charge in [0.25, 0.3) is 0 Å². The summed E-state index contributed by atoms with van der Waals surface area (Å²) in [4.78, 5) is 0. The molecule has 1 fully saturated rings. The lowest BCUT2D eigenvalue weighted by Gasteiger charge is -2.36. The minimum atomic E-state index is 0.250. The van der Waals surface area contributed by atoms with Gasteiger partial charge in [0, 0.05) is 17.6 Å². The van der Waals surface area contributed by atoms with Crippen molar-refractivity contribution in [3.63, 3.8) is 0 Å². The molecule has 1 rings (SSSR count). The van der Waals surface area contributed by atoms with Gasteiger partial charge in [-0.2, -0.15) is 0 Å². The van der Waals surface area contributed by atoms with Crippen molar-refractivity contribution < 1.29 is 0 Å². The molecule has 0 bridgehead atoms. The van der Waals surface area contributed by atoms with E-state index >= 15 is 0 Å². The lowest BCUT2D eigenvalue weighted by molar-refractivity contribution is 0.249. The molecule has 13 heavy (non-hydrogen) atoms. The highest BCUT2D eigenvalue weighted by atomic mass is 15.0. The minimum Gasteiger partial charge on any atom is -0.326 e. The summed E-state index contributed by atoms with van der Waals surface area (Å²) >= 11 is 0. The van der Waals surface area contributed by atoms with Gasteiger partial charge in [0.05, 0.1) is 0 Å². The molecule has 2 nitrogen and oxygen atoms in total. The fourth-order valence-corrected chi connectivity index (χ4v) is 1.94. The van der Waals surface area contributed by atoms with Crippen molar-refractivity contribution in [2.75, 3.05) is 0 Å². The van der Waals surface area contributed by atoms with Crippen molar-refractivity contribution in [3.05, 3.63) is 0 Å². The molecule has 1 aliphatic rings. The quantitative estimate of drug-likeness (QED) is 0.704. The fraction of sp³-hybridized carbons (Fsp3) is 1.00. The molecule has 0 radical (unpaired) electrons. The lowest BCUT2D eigenvalue weighted by atomic mass is 9.88. The molecule has 78 valence electrons. The summed E-state index contributed by atoms with van der Waals surface area (Å²) in [6.07, 6.45) is 6.26. The van der Waals surface area contributed by atoms with E-state index in [1.165, 1.54) is 25.7 Å². The Balaban J connectivity index is 2.42. The molecule has 0 aromatic heterocycles. The Morgan fingerprint density at radius 2 is 1.92 bits per heavy atom. The van der Waals surface area contributed by atoms with E-state index < -0.39 is 0 Å². The van der Waals surface area contributed by atoms with Crippen LogP contribution < -0.4 is 11.1 Å². The zero-order valence-corrected chi connectivity index (χ0v) is 9.27. The summed E-state index contributed by atoms with van der Waals surface area (Å²) < 4.78 is 0. The van der Waals surface area contributed by atoms with Crippen LogP contribution in [0.1, 0.15) is 52.9 Å². The average molecular weight is 184 g/mol. The van der Waals surface area contributed by atoms with Gasteiger partial charge >= 0.3 is 0 Å². The third-order valence-corrected chi connectivity index (χ3v) is 3.28. The van der Waals surface area contributed by atoms with Gasteiger partial charge < -0.3 is 11.1 Å². The predicted molar refractivity (Wildman–Crippen MR) is 57.7 cm³/mol. The Kier molecular flexibility index (Phi) is 3.74. The van der Waals surface area contributed by atoms with E-state index in [2.05, 4.69) is 26.1 Å². The van der Waals surface area contributed by atoms with Crippen molar-refractivity contribution in [1.82, 2.24) is 5.32 Å². The largest absolute Gasteiger partial charge is 0.326 e. The highest BCUT2D eigenvalue weighted by molar-refractivity contribution is 4.89. The van der Waals surface area contributed by atoms with Crippen LogP contribution in [-0.4, -0.2) is 17.6 Å². The SMILES string of the molecule is CCC(C)(C)NC1CCCCC1N. The van der Waals surface area contributed by atoms with Crippen LogP contribution in [0, 0.1) is 0 Å². The lowest BCUT2D eigenvalue weighted by Crippen LogP contribution is -2.54. The zero-order chi connectivity index (χ0) is 9.90. The normalized spacial score (nSPS) is 30.5. The van der Waals surface area contributed by atoms with E-state index in [-0.39, 0.29) is 5.54 Å². The number of hydrogen-bond donors (Lipinski definition) is 2. The molecule has 0 amide bonds. The Labute approximate surface area is 82.3 Å². The summed E-state index contributed by atoms with van der Waals surface area (Å²) in [5.74, 6) is 0. The van der Waals surface area contributed by atoms with E-state index in [1.807, 2.05) is 0 Å². The summed E-state index contributed by atoms with van der Waals surface area (Å²) in [7, 11) is 0. The molecule has 2 unspecified atom stereocenters. The van der Waals surface area contributed by atoms with Crippen LogP contribution in [0.15, 0.2) is 0 Å². The van der Waals surface area contributed by atoms with Crippen molar-refractivity contribution in [1.29, 1.82) is 0 Å². The summed E-state index contributed by atoms with van der Waals surface area (Å²) in [5, 5.41) is 3.67. The van der Waals surface area contributed by atoms with Gasteiger partial charge in [-0.1, -0.05) is 19.8 Å². The monoisotopic (exact) mass is 184 g/mol. The molecule has 1 aliphatic carbocycles. The second kappa shape index (κ2) is 4.43. The standard InChI is InChI=1S/C11H24N2/c1-4-11(2,3)13-10-8-6-5-7-9(10)12/h9-10,13H,4-8,12H2,1-3H3. The van der Waals surface area contributed by atoms with Crippen LogP contribution in [0.5, 0.6) is 0 Å². The maximum Gasteiger partial charge on any atom is 0.0223 e. The maximum atomic E-state index is 6.08. The van der Waals surface area contributed by atoms with Crippen molar-refractivity contribution in [2.45, 2.75) is 70.5 Å². The van der Waals surface area contributed by atoms with E-state index in [0.717, 1.165) is 6.42 Å². The second-order valence-corrected chi connectivity index (χ2v) is 4.94. The van der Waals surface area contributed by atoms with Gasteiger partial charge in [-0.05, 0) is 33.1 Å². The van der Waals surface area contributed by atoms with Gasteiger partial charge in [-0.3, -0.25) is 0 Å². The van der Waals surface area contributed by atoms with Crippen LogP contribution >= 0.6 is 0 Å². The number of rotatable bonds is 3. The minimum absolute atomic E-state index is 0.250. The first-order chi connectivity index (χ1) is 6.05. The fourth-order valence-electron chi connectivity index (χ4n) is 1.94. The van der Waals surface area contributed by atoms with Gasteiger partial charge in [-0.15, -0.1) is 0 Å².